The number of piperidine rings is 1. The number of nitrogens with one attached hydrogen (secondary N) is 2. The normalized spacial score (nSPS) is 16.2. The highest BCUT2D eigenvalue weighted by atomic mass is 35.5. The summed E-state index contributed by atoms with van der Waals surface area (Å²) in [4.78, 5) is 16.7. The lowest BCUT2D eigenvalue weighted by Gasteiger charge is -2.27. The average Bonchev–Trinajstić information content (AvgIpc) is 2.97. The van der Waals surface area contributed by atoms with Gasteiger partial charge in [0.25, 0.3) is 0 Å². The summed E-state index contributed by atoms with van der Waals surface area (Å²) in [5, 5.41) is 9.72. The second kappa shape index (κ2) is 12.1. The molecule has 0 radical (unpaired) electrons. The van der Waals surface area contributed by atoms with E-state index in [1.54, 1.807) is 11.3 Å². The fourth-order valence-electron chi connectivity index (χ4n) is 2.98. The molecule has 1 aliphatic heterocycles. The van der Waals surface area contributed by atoms with Crippen LogP contribution in [0.15, 0.2) is 5.38 Å². The Labute approximate surface area is 162 Å². The van der Waals surface area contributed by atoms with Gasteiger partial charge in [0.15, 0.2) is 0 Å². The summed E-state index contributed by atoms with van der Waals surface area (Å²) in [6.45, 7) is 9.42. The summed E-state index contributed by atoms with van der Waals surface area (Å²) in [5.74, 6) is 1.84. The van der Waals surface area contributed by atoms with Crippen molar-refractivity contribution in [3.05, 3.63) is 16.1 Å². The number of hydrogen-bond acceptors (Lipinski definition) is 4. The minimum absolute atomic E-state index is 0. The molecule has 1 unspecified atom stereocenters. The molecule has 2 N–H and O–H groups in total. The fraction of sp³-hybridized carbons (Fsp3) is 0.765. The van der Waals surface area contributed by atoms with E-state index in [4.69, 9.17) is 0 Å². The minimum atomic E-state index is 0. The van der Waals surface area contributed by atoms with Crippen molar-refractivity contribution in [2.45, 2.75) is 52.4 Å². The molecule has 2 heterocycles. The molecular weight excluding hydrogens is 365 g/mol. The molecule has 1 aliphatic rings. The molecule has 0 bridgehead atoms. The van der Waals surface area contributed by atoms with E-state index in [0.29, 0.717) is 30.7 Å². The maximum Gasteiger partial charge on any atom is 0.220 e. The van der Waals surface area contributed by atoms with Crippen LogP contribution in [0.2, 0.25) is 0 Å². The number of hydrogen-bond donors (Lipinski definition) is 2. The lowest BCUT2D eigenvalue weighted by atomic mass is 9.84. The Morgan fingerprint density at radius 2 is 2.00 bits per heavy atom. The Morgan fingerprint density at radius 1 is 1.33 bits per heavy atom. The van der Waals surface area contributed by atoms with Crippen molar-refractivity contribution in [1.29, 1.82) is 0 Å². The molecule has 1 fully saturated rings. The summed E-state index contributed by atoms with van der Waals surface area (Å²) >= 11 is 1.72. The van der Waals surface area contributed by atoms with Crippen LogP contribution in [0.3, 0.4) is 0 Å². The Kier molecular flexibility index (Phi) is 11.9. The van der Waals surface area contributed by atoms with Crippen molar-refractivity contribution < 1.29 is 4.79 Å². The van der Waals surface area contributed by atoms with Crippen molar-refractivity contribution >= 4 is 42.1 Å². The van der Waals surface area contributed by atoms with Crippen LogP contribution in [0.25, 0.3) is 0 Å². The molecule has 1 aromatic heterocycles. The van der Waals surface area contributed by atoms with Gasteiger partial charge in [-0.05, 0) is 37.8 Å². The summed E-state index contributed by atoms with van der Waals surface area (Å²) in [6.07, 6.45) is 3.88. The second-order valence-electron chi connectivity index (χ2n) is 6.70. The summed E-state index contributed by atoms with van der Waals surface area (Å²) < 4.78 is 0. The highest BCUT2D eigenvalue weighted by Crippen LogP contribution is 2.24. The molecule has 24 heavy (non-hydrogen) atoms. The molecule has 4 nitrogen and oxygen atoms in total. The van der Waals surface area contributed by atoms with Crippen LogP contribution in [-0.4, -0.2) is 30.5 Å². The Hall–Kier alpha value is -0.360. The zero-order chi connectivity index (χ0) is 15.9. The average molecular weight is 396 g/mol. The molecule has 1 amide bonds. The molecule has 1 saturated heterocycles. The molecule has 2 rings (SSSR count). The van der Waals surface area contributed by atoms with E-state index in [9.17, 15) is 4.79 Å². The molecule has 1 aromatic rings. The predicted octanol–water partition coefficient (Wildman–Crippen LogP) is 3.79. The summed E-state index contributed by atoms with van der Waals surface area (Å²) in [5.41, 5.74) is 1.10. The van der Waals surface area contributed by atoms with Gasteiger partial charge in [0.1, 0.15) is 0 Å². The highest BCUT2D eigenvalue weighted by Gasteiger charge is 2.21. The van der Waals surface area contributed by atoms with Crippen molar-refractivity contribution in [1.82, 2.24) is 15.6 Å². The van der Waals surface area contributed by atoms with Crippen molar-refractivity contribution in [3.8, 4) is 0 Å². The number of thiazole rings is 1. The third-order valence-electron chi connectivity index (χ3n) is 4.46. The van der Waals surface area contributed by atoms with Crippen molar-refractivity contribution in [2.24, 2.45) is 11.8 Å². The third kappa shape index (κ3) is 7.68. The van der Waals surface area contributed by atoms with Crippen LogP contribution >= 0.6 is 36.2 Å². The van der Waals surface area contributed by atoms with E-state index in [0.717, 1.165) is 25.2 Å². The van der Waals surface area contributed by atoms with Crippen LogP contribution in [0.4, 0.5) is 0 Å². The molecule has 0 aromatic carbocycles. The van der Waals surface area contributed by atoms with E-state index in [1.165, 1.54) is 17.8 Å². The maximum absolute atomic E-state index is 12.1. The fourth-order valence-corrected chi connectivity index (χ4v) is 3.85. The van der Waals surface area contributed by atoms with Gasteiger partial charge in [0, 0.05) is 30.7 Å². The zero-order valence-corrected chi connectivity index (χ0v) is 17.3. The van der Waals surface area contributed by atoms with Crippen LogP contribution in [0.5, 0.6) is 0 Å². The van der Waals surface area contributed by atoms with Gasteiger partial charge in [0.05, 0.1) is 10.7 Å². The number of carbonyl (C=O) groups excluding carboxylic acids is 1. The molecule has 7 heteroatoms. The van der Waals surface area contributed by atoms with Gasteiger partial charge in [-0.1, -0.05) is 20.8 Å². The number of amides is 1. The SMILES string of the molecule is CC(C)c1nc(CCNC(=O)CC(C)C2CCNCC2)cs1.Cl.Cl. The number of rotatable bonds is 7. The summed E-state index contributed by atoms with van der Waals surface area (Å²) in [7, 11) is 0. The smallest absolute Gasteiger partial charge is 0.220 e. The van der Waals surface area contributed by atoms with E-state index in [-0.39, 0.29) is 30.7 Å². The van der Waals surface area contributed by atoms with E-state index < -0.39 is 0 Å². The summed E-state index contributed by atoms with van der Waals surface area (Å²) in [6, 6.07) is 0. The topological polar surface area (TPSA) is 54.0 Å². The first-order valence-corrected chi connectivity index (χ1v) is 9.36. The second-order valence-corrected chi connectivity index (χ2v) is 7.59. The van der Waals surface area contributed by atoms with Gasteiger partial charge in [-0.15, -0.1) is 36.2 Å². The number of aromatic nitrogens is 1. The first-order valence-electron chi connectivity index (χ1n) is 8.48. The van der Waals surface area contributed by atoms with Crippen LogP contribution in [0, 0.1) is 11.8 Å². The van der Waals surface area contributed by atoms with E-state index in [1.807, 2.05) is 0 Å². The first kappa shape index (κ1) is 23.6. The maximum atomic E-state index is 12.1. The highest BCUT2D eigenvalue weighted by molar-refractivity contribution is 7.09. The number of halogens is 2. The lowest BCUT2D eigenvalue weighted by molar-refractivity contribution is -0.122. The van der Waals surface area contributed by atoms with Gasteiger partial charge in [0.2, 0.25) is 5.91 Å². The van der Waals surface area contributed by atoms with Gasteiger partial charge in [-0.2, -0.15) is 0 Å². The van der Waals surface area contributed by atoms with Crippen LogP contribution in [0.1, 0.15) is 56.7 Å². The van der Waals surface area contributed by atoms with Crippen molar-refractivity contribution in [2.75, 3.05) is 19.6 Å². The quantitative estimate of drug-likeness (QED) is 0.737. The van der Waals surface area contributed by atoms with Crippen LogP contribution < -0.4 is 10.6 Å². The molecule has 0 spiro atoms. The number of nitrogens with zero attached hydrogens (tertiary/aromatic N) is 1. The zero-order valence-electron chi connectivity index (χ0n) is 14.8. The van der Waals surface area contributed by atoms with Gasteiger partial charge >= 0.3 is 0 Å². The molecule has 140 valence electrons. The Morgan fingerprint density at radius 3 is 2.58 bits per heavy atom. The van der Waals surface area contributed by atoms with Crippen LogP contribution in [-0.2, 0) is 11.2 Å². The monoisotopic (exact) mass is 395 g/mol. The van der Waals surface area contributed by atoms with Gasteiger partial charge in [-0.3, -0.25) is 4.79 Å². The van der Waals surface area contributed by atoms with E-state index >= 15 is 0 Å². The van der Waals surface area contributed by atoms with E-state index in [2.05, 4.69) is 41.8 Å². The third-order valence-corrected chi connectivity index (χ3v) is 5.66. The standard InChI is InChI=1S/C17H29N3OS.2ClH/c1-12(2)17-20-15(11-22-17)6-9-19-16(21)10-13(3)14-4-7-18-8-5-14;;/h11-14,18H,4-10H2,1-3H3,(H,19,21);2*1H. The molecular formula is C17H31Cl2N3OS. The lowest BCUT2D eigenvalue weighted by Crippen LogP contribution is -2.34. The minimum Gasteiger partial charge on any atom is -0.356 e. The molecule has 1 atom stereocenters. The van der Waals surface area contributed by atoms with Gasteiger partial charge < -0.3 is 10.6 Å². The largest absolute Gasteiger partial charge is 0.356 e. The molecule has 0 saturated carbocycles. The molecule has 0 aliphatic carbocycles. The van der Waals surface area contributed by atoms with Gasteiger partial charge in [-0.25, -0.2) is 4.98 Å². The Balaban J connectivity index is 0.00000264. The number of carbonyl (C=O) groups is 1. The predicted molar refractivity (Wildman–Crippen MR) is 107 cm³/mol. The Bertz CT molecular complexity index is 476. The van der Waals surface area contributed by atoms with Crippen molar-refractivity contribution in [3.63, 3.8) is 0 Å². The first-order chi connectivity index (χ1) is 10.6.